The summed E-state index contributed by atoms with van der Waals surface area (Å²) in [6, 6.07) is 0. The number of unbranched alkanes of at least 4 members (excludes halogenated alkanes) is 6. The molecule has 5 atom stereocenters. The number of allylic oxidation sites excluding steroid dienone is 16. The van der Waals surface area contributed by atoms with Crippen LogP contribution in [0, 0.1) is 0 Å². The first kappa shape index (κ1) is 60.8. The zero-order chi connectivity index (χ0) is 48.4. The molecule has 1 aliphatic heterocycles. The number of carbonyl (C=O) groups is 2. The van der Waals surface area contributed by atoms with Gasteiger partial charge >= 0.3 is 27.6 Å². The highest BCUT2D eigenvalue weighted by molar-refractivity contribution is 7.47. The van der Waals surface area contributed by atoms with Crippen LogP contribution in [-0.2, 0) is 46.5 Å². The average molecular weight is 967 g/mol. The molecule has 1 rings (SSSR count). The SMILES string of the molecule is CC/C=C\CC1OC1C/C=C\C/C=C\C/C=C\C/C=C\CCC(=O)OC[C@H](COP(=O)(O)OC[C@@H](O)COP(=O)(O)O)OC(=O)CCCCC/C=C\C/C=C\C/C=C\C/C=C\CCCCC. The van der Waals surface area contributed by atoms with Gasteiger partial charge in [0.15, 0.2) is 6.10 Å². The molecule has 14 nitrogen and oxygen atoms in total. The Morgan fingerprint density at radius 3 is 1.53 bits per heavy atom. The van der Waals surface area contributed by atoms with Crippen molar-refractivity contribution in [2.45, 2.75) is 167 Å². The number of carbonyl (C=O) groups excluding carboxylic acids is 2. The first-order chi connectivity index (χ1) is 31.8. The fraction of sp³-hybridized carbons (Fsp3) is 0.600. The summed E-state index contributed by atoms with van der Waals surface area (Å²) in [7, 11) is -9.73. The highest BCUT2D eigenvalue weighted by Gasteiger charge is 2.36. The summed E-state index contributed by atoms with van der Waals surface area (Å²) < 4.78 is 53.4. The Bertz CT molecular complexity index is 1640. The van der Waals surface area contributed by atoms with Gasteiger partial charge in [0.2, 0.25) is 0 Å². The molecule has 0 bridgehead atoms. The maximum absolute atomic E-state index is 12.7. The van der Waals surface area contributed by atoms with Crippen molar-refractivity contribution in [1.82, 2.24) is 0 Å². The number of aliphatic hydroxyl groups excluding tert-OH is 1. The summed E-state index contributed by atoms with van der Waals surface area (Å²) in [5.74, 6) is -1.18. The lowest BCUT2D eigenvalue weighted by Crippen LogP contribution is -2.29. The number of phosphoric ester groups is 2. The van der Waals surface area contributed by atoms with E-state index in [1.54, 1.807) is 0 Å². The van der Waals surface area contributed by atoms with Gasteiger partial charge in [-0.2, -0.15) is 0 Å². The second kappa shape index (κ2) is 40.8. The molecule has 16 heteroatoms. The minimum atomic E-state index is -4.88. The van der Waals surface area contributed by atoms with Crippen LogP contribution in [-0.4, -0.2) is 82.6 Å². The van der Waals surface area contributed by atoms with Crippen molar-refractivity contribution in [1.29, 1.82) is 0 Å². The van der Waals surface area contributed by atoms with E-state index in [4.69, 9.17) is 28.5 Å². The van der Waals surface area contributed by atoms with Crippen LogP contribution < -0.4 is 0 Å². The molecular weight excluding hydrogens is 886 g/mol. The quantitative estimate of drug-likeness (QED) is 0.0148. The summed E-state index contributed by atoms with van der Waals surface area (Å²) in [5, 5.41) is 9.77. The number of rotatable bonds is 42. The fourth-order valence-corrected chi connectivity index (χ4v) is 7.02. The van der Waals surface area contributed by atoms with Crippen molar-refractivity contribution in [3.8, 4) is 0 Å². The highest BCUT2D eigenvalue weighted by atomic mass is 31.2. The first-order valence-corrected chi connectivity index (χ1v) is 26.7. The number of epoxide rings is 1. The normalized spacial score (nSPS) is 17.9. The van der Waals surface area contributed by atoms with Crippen molar-refractivity contribution in [2.24, 2.45) is 0 Å². The molecule has 374 valence electrons. The fourth-order valence-electron chi connectivity index (χ4n) is 5.87. The Hall–Kier alpha value is -3.26. The zero-order valence-corrected chi connectivity index (χ0v) is 41.2. The van der Waals surface area contributed by atoms with Crippen LogP contribution in [0.25, 0.3) is 0 Å². The molecular formula is C50H80O14P2. The molecule has 1 aliphatic rings. The Labute approximate surface area is 395 Å². The van der Waals surface area contributed by atoms with E-state index in [1.807, 2.05) is 18.2 Å². The predicted molar refractivity (Wildman–Crippen MR) is 261 cm³/mol. The van der Waals surface area contributed by atoms with Crippen molar-refractivity contribution in [3.63, 3.8) is 0 Å². The van der Waals surface area contributed by atoms with Crippen LogP contribution in [0.5, 0.6) is 0 Å². The Kier molecular flexibility index (Phi) is 37.5. The van der Waals surface area contributed by atoms with Gasteiger partial charge in [-0.3, -0.25) is 23.2 Å². The summed E-state index contributed by atoms with van der Waals surface area (Å²) in [6.07, 6.45) is 52.7. The second-order valence-corrected chi connectivity index (χ2v) is 18.4. The van der Waals surface area contributed by atoms with Gasteiger partial charge in [0.05, 0.1) is 32.0 Å². The van der Waals surface area contributed by atoms with E-state index in [2.05, 4.69) is 114 Å². The predicted octanol–water partition coefficient (Wildman–Crippen LogP) is 11.7. The summed E-state index contributed by atoms with van der Waals surface area (Å²) in [5.41, 5.74) is 0. The molecule has 0 spiro atoms. The third-order valence-electron chi connectivity index (χ3n) is 9.55. The molecule has 0 saturated carbocycles. The van der Waals surface area contributed by atoms with Crippen LogP contribution in [0.3, 0.4) is 0 Å². The Morgan fingerprint density at radius 1 is 0.530 bits per heavy atom. The molecule has 0 aliphatic carbocycles. The van der Waals surface area contributed by atoms with Gasteiger partial charge < -0.3 is 34.0 Å². The number of hydrogen-bond donors (Lipinski definition) is 4. The summed E-state index contributed by atoms with van der Waals surface area (Å²) >= 11 is 0. The molecule has 1 saturated heterocycles. The van der Waals surface area contributed by atoms with Crippen molar-refractivity contribution >= 4 is 27.6 Å². The average Bonchev–Trinajstić information content (AvgIpc) is 4.04. The lowest BCUT2D eigenvalue weighted by atomic mass is 10.1. The molecule has 0 amide bonds. The van der Waals surface area contributed by atoms with Gasteiger partial charge in [-0.25, -0.2) is 9.13 Å². The lowest BCUT2D eigenvalue weighted by Gasteiger charge is -2.20. The van der Waals surface area contributed by atoms with E-state index >= 15 is 0 Å². The molecule has 0 radical (unpaired) electrons. The van der Waals surface area contributed by atoms with Crippen LogP contribution in [0.1, 0.15) is 142 Å². The van der Waals surface area contributed by atoms with Crippen molar-refractivity contribution in [2.75, 3.05) is 26.4 Å². The number of ether oxygens (including phenoxy) is 3. The van der Waals surface area contributed by atoms with E-state index in [0.29, 0.717) is 31.5 Å². The largest absolute Gasteiger partial charge is 0.472 e. The van der Waals surface area contributed by atoms with Crippen LogP contribution in [0.2, 0.25) is 0 Å². The van der Waals surface area contributed by atoms with E-state index in [0.717, 1.165) is 77.0 Å². The Morgan fingerprint density at radius 2 is 1.00 bits per heavy atom. The van der Waals surface area contributed by atoms with Gasteiger partial charge in [-0.15, -0.1) is 0 Å². The number of phosphoric acid groups is 2. The van der Waals surface area contributed by atoms with Gasteiger partial charge in [0.1, 0.15) is 12.7 Å². The van der Waals surface area contributed by atoms with E-state index in [1.165, 1.54) is 19.3 Å². The van der Waals surface area contributed by atoms with E-state index in [-0.39, 0.29) is 12.8 Å². The summed E-state index contributed by atoms with van der Waals surface area (Å²) in [4.78, 5) is 52.8. The molecule has 0 aromatic carbocycles. The van der Waals surface area contributed by atoms with Crippen molar-refractivity contribution in [3.05, 3.63) is 109 Å². The number of esters is 2. The minimum Gasteiger partial charge on any atom is -0.462 e. The molecule has 1 heterocycles. The van der Waals surface area contributed by atoms with E-state index in [9.17, 15) is 28.7 Å². The third-order valence-corrected chi connectivity index (χ3v) is 11.0. The molecule has 3 unspecified atom stereocenters. The van der Waals surface area contributed by atoms with Gasteiger partial charge in [0, 0.05) is 12.8 Å². The topological polar surface area (TPSA) is 208 Å². The van der Waals surface area contributed by atoms with Gasteiger partial charge in [-0.1, -0.05) is 142 Å². The number of aliphatic hydroxyl groups is 1. The maximum Gasteiger partial charge on any atom is 0.472 e. The van der Waals surface area contributed by atoms with Crippen LogP contribution in [0.15, 0.2) is 109 Å². The standard InChI is InChI=1S/C50H80O14P2/c1-3-5-7-8-9-10-11-12-13-14-15-16-17-18-23-26-29-32-36-40-50(53)63-46(44-62-66(57,58)61-42-45(51)41-60-65(54,55)56)43-59-49(52)39-35-31-28-25-22-20-19-21-24-27-30-34-38-48-47(64-48)37-33-6-4-2/h6,9-10,12-13,15-16,18,20-24,28,30-31,33-34,45-48,51H,3-5,7-8,11,14,17,19,25-27,29,32,35-44H2,1-2H3,(H,57,58)(H2,54,55,56)/b10-9-,13-12-,16-15-,22-20-,23-18-,24-21-,31-28-,33-6-,34-30-/t45-,46+,47?,48?/m0/s1. The molecule has 1 fully saturated rings. The van der Waals surface area contributed by atoms with Crippen LogP contribution in [0.4, 0.5) is 0 Å². The van der Waals surface area contributed by atoms with Gasteiger partial charge in [-0.05, 0) is 96.3 Å². The van der Waals surface area contributed by atoms with E-state index < -0.39 is 66.2 Å². The maximum atomic E-state index is 12.7. The number of hydrogen-bond acceptors (Lipinski definition) is 11. The molecule has 0 aromatic rings. The Balaban J connectivity index is 2.41. The highest BCUT2D eigenvalue weighted by Crippen LogP contribution is 2.44. The van der Waals surface area contributed by atoms with Gasteiger partial charge in [0.25, 0.3) is 0 Å². The molecule has 4 N–H and O–H groups in total. The van der Waals surface area contributed by atoms with Crippen LogP contribution >= 0.6 is 15.6 Å². The third kappa shape index (κ3) is 41.0. The monoisotopic (exact) mass is 967 g/mol. The molecule has 0 aromatic heterocycles. The smallest absolute Gasteiger partial charge is 0.462 e. The second-order valence-electron chi connectivity index (χ2n) is 15.7. The first-order valence-electron chi connectivity index (χ1n) is 23.7. The minimum absolute atomic E-state index is 0.0526. The zero-order valence-electron chi connectivity index (χ0n) is 39.4. The summed E-state index contributed by atoms with van der Waals surface area (Å²) in [6.45, 7) is 1.48. The lowest BCUT2D eigenvalue weighted by molar-refractivity contribution is -0.161. The molecule has 66 heavy (non-hydrogen) atoms. The van der Waals surface area contributed by atoms with Crippen molar-refractivity contribution < 1.29 is 66.3 Å².